The van der Waals surface area contributed by atoms with E-state index in [9.17, 15) is 9.18 Å². The Hall–Kier alpha value is -1.84. The van der Waals surface area contributed by atoms with Gasteiger partial charge in [0.05, 0.1) is 14.2 Å². The number of hydrogen-bond donors (Lipinski definition) is 0. The molecule has 2 aromatic rings. The molecule has 174 valence electrons. The van der Waals surface area contributed by atoms with Gasteiger partial charge in [0, 0.05) is 37.8 Å². The number of piperazine rings is 1. The molecule has 32 heavy (non-hydrogen) atoms. The number of rotatable bonds is 7. The normalized spacial score (nSPS) is 19.0. The van der Waals surface area contributed by atoms with Gasteiger partial charge in [-0.15, -0.1) is 0 Å². The second kappa shape index (κ2) is 10.9. The molecule has 2 aromatic carbocycles. The van der Waals surface area contributed by atoms with Crippen molar-refractivity contribution < 1.29 is 23.4 Å². The first-order valence-corrected chi connectivity index (χ1v) is 11.8. The molecule has 1 amide bonds. The van der Waals surface area contributed by atoms with Gasteiger partial charge < -0.3 is 19.1 Å². The molecule has 0 aromatic heterocycles. The van der Waals surface area contributed by atoms with Crippen molar-refractivity contribution >= 4 is 37.8 Å². The molecule has 0 bridgehead atoms. The molecular weight excluding hydrogens is 547 g/mol. The van der Waals surface area contributed by atoms with E-state index in [1.165, 1.54) is 12.1 Å². The molecule has 2 unspecified atom stereocenters. The summed E-state index contributed by atoms with van der Waals surface area (Å²) in [5.41, 5.74) is 1.05. The number of hydrogen-bond acceptors (Lipinski definition) is 5. The smallest absolute Gasteiger partial charge is 0.260 e. The van der Waals surface area contributed by atoms with E-state index in [0.717, 1.165) is 12.1 Å². The highest BCUT2D eigenvalue weighted by Gasteiger charge is 2.32. The van der Waals surface area contributed by atoms with E-state index in [2.05, 4.69) is 43.7 Å². The average molecular weight is 574 g/mol. The van der Waals surface area contributed by atoms with Crippen LogP contribution in [0.5, 0.6) is 17.2 Å². The first-order chi connectivity index (χ1) is 15.2. The molecule has 6 nitrogen and oxygen atoms in total. The van der Waals surface area contributed by atoms with Crippen LogP contribution >= 0.6 is 31.9 Å². The van der Waals surface area contributed by atoms with Crippen molar-refractivity contribution in [1.82, 2.24) is 9.80 Å². The first-order valence-electron chi connectivity index (χ1n) is 10.3. The maximum atomic E-state index is 13.2. The molecule has 0 aliphatic carbocycles. The SMILES string of the molecule is COc1cc(OC)c(Br)c(OCC(=O)N2CC(C)N(Cc3ccc(F)cc3)CC2C)c1Br. The summed E-state index contributed by atoms with van der Waals surface area (Å²) in [6.45, 7) is 6.05. The van der Waals surface area contributed by atoms with E-state index in [-0.39, 0.29) is 30.4 Å². The Morgan fingerprint density at radius 2 is 1.62 bits per heavy atom. The Morgan fingerprint density at radius 1 is 1.03 bits per heavy atom. The lowest BCUT2D eigenvalue weighted by molar-refractivity contribution is -0.139. The van der Waals surface area contributed by atoms with Gasteiger partial charge in [0.2, 0.25) is 0 Å². The molecule has 2 atom stereocenters. The van der Waals surface area contributed by atoms with Gasteiger partial charge in [0.15, 0.2) is 12.4 Å². The van der Waals surface area contributed by atoms with Crippen molar-refractivity contribution in [1.29, 1.82) is 0 Å². The number of carbonyl (C=O) groups excluding carboxylic acids is 1. The minimum absolute atomic E-state index is 0.0227. The summed E-state index contributed by atoms with van der Waals surface area (Å²) in [5.74, 6) is 1.21. The number of halogens is 3. The standard InChI is InChI=1S/C23H27Br2FN2O4/c1-14-11-28(15(2)10-27(14)12-16-5-7-17(26)8-6-16)20(29)13-32-23-21(24)18(30-3)9-19(31-4)22(23)25/h5-9,14-15H,10-13H2,1-4H3. The van der Waals surface area contributed by atoms with E-state index >= 15 is 0 Å². The van der Waals surface area contributed by atoms with Crippen LogP contribution in [0.3, 0.4) is 0 Å². The summed E-state index contributed by atoms with van der Waals surface area (Å²) in [5, 5.41) is 0. The third kappa shape index (κ3) is 5.55. The Kier molecular flexibility index (Phi) is 8.41. The number of carbonyl (C=O) groups is 1. The monoisotopic (exact) mass is 572 g/mol. The van der Waals surface area contributed by atoms with Crippen LogP contribution in [0.25, 0.3) is 0 Å². The molecule has 1 heterocycles. The van der Waals surface area contributed by atoms with Gasteiger partial charge in [-0.05, 0) is 63.4 Å². The predicted octanol–water partition coefficient (Wildman–Crippen LogP) is 4.87. The second-order valence-electron chi connectivity index (χ2n) is 7.83. The van der Waals surface area contributed by atoms with Crippen molar-refractivity contribution in [3.05, 3.63) is 50.7 Å². The van der Waals surface area contributed by atoms with Gasteiger partial charge in [-0.2, -0.15) is 0 Å². The maximum absolute atomic E-state index is 13.2. The molecule has 1 aliphatic rings. The molecule has 0 saturated carbocycles. The van der Waals surface area contributed by atoms with Gasteiger partial charge in [-0.1, -0.05) is 12.1 Å². The van der Waals surface area contributed by atoms with E-state index in [1.807, 2.05) is 11.8 Å². The number of nitrogens with zero attached hydrogens (tertiary/aromatic N) is 2. The van der Waals surface area contributed by atoms with Crippen molar-refractivity contribution in [2.75, 3.05) is 33.9 Å². The van der Waals surface area contributed by atoms with Crippen LogP contribution < -0.4 is 14.2 Å². The van der Waals surface area contributed by atoms with Crippen LogP contribution in [-0.2, 0) is 11.3 Å². The van der Waals surface area contributed by atoms with Crippen molar-refractivity contribution in [2.24, 2.45) is 0 Å². The van der Waals surface area contributed by atoms with Gasteiger partial charge in [0.1, 0.15) is 26.3 Å². The summed E-state index contributed by atoms with van der Waals surface area (Å²) in [7, 11) is 3.10. The molecule has 0 spiro atoms. The number of amides is 1. The lowest BCUT2D eigenvalue weighted by Gasteiger charge is -2.44. The zero-order chi connectivity index (χ0) is 23.4. The predicted molar refractivity (Wildman–Crippen MR) is 128 cm³/mol. The van der Waals surface area contributed by atoms with Crippen LogP contribution in [0.1, 0.15) is 19.4 Å². The van der Waals surface area contributed by atoms with E-state index in [4.69, 9.17) is 14.2 Å². The van der Waals surface area contributed by atoms with Gasteiger partial charge in [0.25, 0.3) is 5.91 Å². The zero-order valence-electron chi connectivity index (χ0n) is 18.5. The fourth-order valence-electron chi connectivity index (χ4n) is 3.80. The van der Waals surface area contributed by atoms with Crippen LogP contribution in [0, 0.1) is 5.82 Å². The molecule has 0 N–H and O–H groups in total. The highest BCUT2D eigenvalue weighted by Crippen LogP contribution is 2.46. The quantitative estimate of drug-likeness (QED) is 0.473. The minimum atomic E-state index is -0.238. The highest BCUT2D eigenvalue weighted by molar-refractivity contribution is 9.11. The fourth-order valence-corrected chi connectivity index (χ4v) is 5.24. The summed E-state index contributed by atoms with van der Waals surface area (Å²) >= 11 is 6.95. The molecule has 1 saturated heterocycles. The largest absolute Gasteiger partial charge is 0.495 e. The Balaban J connectivity index is 1.65. The van der Waals surface area contributed by atoms with Gasteiger partial charge in [-0.25, -0.2) is 4.39 Å². The Morgan fingerprint density at radius 3 is 2.19 bits per heavy atom. The minimum Gasteiger partial charge on any atom is -0.495 e. The molecular formula is C23H27Br2FN2O4. The number of benzene rings is 2. The molecule has 9 heteroatoms. The second-order valence-corrected chi connectivity index (χ2v) is 9.41. The van der Waals surface area contributed by atoms with Gasteiger partial charge in [-0.3, -0.25) is 9.69 Å². The number of methoxy groups -OCH3 is 2. The summed E-state index contributed by atoms with van der Waals surface area (Å²) in [4.78, 5) is 17.2. The third-order valence-electron chi connectivity index (χ3n) is 5.61. The maximum Gasteiger partial charge on any atom is 0.260 e. The van der Waals surface area contributed by atoms with Crippen molar-refractivity contribution in [3.63, 3.8) is 0 Å². The molecule has 3 rings (SSSR count). The summed E-state index contributed by atoms with van der Waals surface area (Å²) in [6, 6.07) is 8.47. The fraction of sp³-hybridized carbons (Fsp3) is 0.435. The van der Waals surface area contributed by atoms with E-state index in [1.54, 1.807) is 32.4 Å². The molecule has 1 fully saturated rings. The summed E-state index contributed by atoms with van der Waals surface area (Å²) in [6.07, 6.45) is 0. The zero-order valence-corrected chi connectivity index (χ0v) is 21.7. The lowest BCUT2D eigenvalue weighted by Crippen LogP contribution is -2.58. The average Bonchev–Trinajstić information content (AvgIpc) is 2.77. The van der Waals surface area contributed by atoms with Crippen LogP contribution in [0.4, 0.5) is 4.39 Å². The topological polar surface area (TPSA) is 51.2 Å². The third-order valence-corrected chi connectivity index (χ3v) is 7.11. The van der Waals surface area contributed by atoms with Gasteiger partial charge >= 0.3 is 0 Å². The Bertz CT molecular complexity index is 930. The molecule has 1 aliphatic heterocycles. The number of ether oxygens (including phenoxy) is 3. The van der Waals surface area contributed by atoms with Crippen molar-refractivity contribution in [3.8, 4) is 17.2 Å². The van der Waals surface area contributed by atoms with E-state index in [0.29, 0.717) is 39.3 Å². The first kappa shape index (κ1) is 24.8. The molecule has 0 radical (unpaired) electrons. The van der Waals surface area contributed by atoms with Crippen LogP contribution in [-0.4, -0.2) is 61.7 Å². The van der Waals surface area contributed by atoms with Crippen LogP contribution in [0.15, 0.2) is 39.3 Å². The Labute approximate surface area is 204 Å². The summed E-state index contributed by atoms with van der Waals surface area (Å²) < 4.78 is 31.0. The van der Waals surface area contributed by atoms with Crippen molar-refractivity contribution in [2.45, 2.75) is 32.5 Å². The lowest BCUT2D eigenvalue weighted by atomic mass is 10.1. The van der Waals surface area contributed by atoms with Crippen LogP contribution in [0.2, 0.25) is 0 Å². The highest BCUT2D eigenvalue weighted by atomic mass is 79.9. The van der Waals surface area contributed by atoms with E-state index < -0.39 is 0 Å².